The molecule has 0 aliphatic rings. The number of hydrogen-bond acceptors (Lipinski definition) is 6. The van der Waals surface area contributed by atoms with E-state index in [1.54, 1.807) is 0 Å². The van der Waals surface area contributed by atoms with Gasteiger partial charge in [-0.3, -0.25) is 14.4 Å². The number of Topliss-reactive ketones (excluding diaryl/α,β-unsaturated/α-hetero) is 1. The monoisotopic (exact) mass is 701 g/mol. The molecule has 0 radical (unpaired) electrons. The summed E-state index contributed by atoms with van der Waals surface area (Å²) in [6.45, 7) is 3.74. The fourth-order valence-electron chi connectivity index (χ4n) is 6.23. The van der Waals surface area contributed by atoms with E-state index in [2.05, 4.69) is 16.0 Å². The van der Waals surface area contributed by atoms with Crippen LogP contribution in [-0.4, -0.2) is 69.6 Å². The van der Waals surface area contributed by atoms with E-state index < -0.39 is 65.0 Å². The lowest BCUT2D eigenvalue weighted by molar-refractivity contribution is -0.148. The molecule has 0 saturated heterocycles. The van der Waals surface area contributed by atoms with E-state index in [0.717, 1.165) is 16.7 Å². The van der Waals surface area contributed by atoms with Crippen molar-refractivity contribution in [3.63, 3.8) is 0 Å². The maximum atomic E-state index is 14.2. The molecule has 3 aromatic carbocycles. The van der Waals surface area contributed by atoms with E-state index in [9.17, 15) is 39.0 Å². The van der Waals surface area contributed by atoms with E-state index in [-0.39, 0.29) is 25.8 Å². The number of urea groups is 1. The molecular weight excluding hydrogens is 654 g/mol. The van der Waals surface area contributed by atoms with Gasteiger partial charge < -0.3 is 31.3 Å². The SMILES string of the molecule is CC(C)(C(=O)C(=O)NCCCC[C@H](NC(=O)N[C@@H](CCC(=O)O)C(=O)O)C(=O)O)C(Cc1ccccc1)(Cc1ccccc1)Cc1ccccc1. The van der Waals surface area contributed by atoms with Crippen molar-refractivity contribution in [3.8, 4) is 0 Å². The summed E-state index contributed by atoms with van der Waals surface area (Å²) in [5.74, 6) is -5.36. The fourth-order valence-corrected chi connectivity index (χ4v) is 6.23. The van der Waals surface area contributed by atoms with Crippen LogP contribution in [0.15, 0.2) is 91.0 Å². The minimum atomic E-state index is -1.51. The predicted molar refractivity (Wildman–Crippen MR) is 190 cm³/mol. The van der Waals surface area contributed by atoms with Crippen LogP contribution in [0.3, 0.4) is 0 Å². The number of unbranched alkanes of at least 4 members (excludes halogenated alkanes) is 1. The quantitative estimate of drug-likeness (QED) is 0.0676. The van der Waals surface area contributed by atoms with Crippen LogP contribution in [0.1, 0.15) is 62.6 Å². The zero-order valence-electron chi connectivity index (χ0n) is 29.0. The number of rotatable bonds is 21. The van der Waals surface area contributed by atoms with Gasteiger partial charge in [0.25, 0.3) is 5.91 Å². The molecule has 0 aliphatic heterocycles. The molecule has 3 aromatic rings. The summed E-state index contributed by atoms with van der Waals surface area (Å²) < 4.78 is 0. The second kappa shape index (κ2) is 19.0. The lowest BCUT2D eigenvalue weighted by Gasteiger charge is -2.46. The lowest BCUT2D eigenvalue weighted by Crippen LogP contribution is -2.53. The minimum absolute atomic E-state index is 0.0424. The van der Waals surface area contributed by atoms with Crippen LogP contribution in [-0.2, 0) is 43.2 Å². The maximum Gasteiger partial charge on any atom is 0.326 e. The number of amides is 3. The molecule has 3 rings (SSSR count). The Hall–Kier alpha value is -5.52. The third-order valence-corrected chi connectivity index (χ3v) is 9.31. The molecule has 0 unspecified atom stereocenters. The molecule has 6 N–H and O–H groups in total. The van der Waals surface area contributed by atoms with Crippen LogP contribution in [0.2, 0.25) is 0 Å². The van der Waals surface area contributed by atoms with Gasteiger partial charge in [0.05, 0.1) is 0 Å². The summed E-state index contributed by atoms with van der Waals surface area (Å²) in [7, 11) is 0. The summed E-state index contributed by atoms with van der Waals surface area (Å²) >= 11 is 0. The van der Waals surface area contributed by atoms with Gasteiger partial charge in [0.2, 0.25) is 5.78 Å². The average Bonchev–Trinajstić information content (AvgIpc) is 3.09. The highest BCUT2D eigenvalue weighted by molar-refractivity contribution is 6.38. The molecule has 0 spiro atoms. The van der Waals surface area contributed by atoms with Gasteiger partial charge in [0.15, 0.2) is 0 Å². The van der Waals surface area contributed by atoms with Gasteiger partial charge >= 0.3 is 23.9 Å². The van der Waals surface area contributed by atoms with Crippen LogP contribution in [0.25, 0.3) is 0 Å². The van der Waals surface area contributed by atoms with Crippen molar-refractivity contribution in [3.05, 3.63) is 108 Å². The Labute approximate surface area is 297 Å². The number of carboxylic acids is 3. The first kappa shape index (κ1) is 39.9. The fraction of sp³-hybridized carbons (Fsp3) is 0.385. The highest BCUT2D eigenvalue weighted by atomic mass is 16.4. The van der Waals surface area contributed by atoms with Gasteiger partial charge in [-0.2, -0.15) is 0 Å². The number of benzene rings is 3. The van der Waals surface area contributed by atoms with Crippen molar-refractivity contribution >= 4 is 35.6 Å². The smallest absolute Gasteiger partial charge is 0.326 e. The van der Waals surface area contributed by atoms with Crippen molar-refractivity contribution in [2.45, 2.75) is 77.3 Å². The standard InChI is InChI=1S/C39H47N3O9/c1-38(2,39(24-27-14-6-3-7-15-27,25-28-16-8-4-9-17-28)26-29-18-10-5-11-19-29)33(45)34(46)40-23-13-12-20-30(35(47)48)41-37(51)42-31(36(49)50)21-22-32(43)44/h3-11,14-19,30-31H,12-13,20-26H2,1-2H3,(H,40,46)(H,43,44)(H,47,48)(H,49,50)(H2,41,42,51)/t30-,31-/m0/s1. The largest absolute Gasteiger partial charge is 0.481 e. The van der Waals surface area contributed by atoms with E-state index in [0.29, 0.717) is 25.7 Å². The van der Waals surface area contributed by atoms with E-state index >= 15 is 0 Å². The number of ketones is 1. The Bertz CT molecular complexity index is 1530. The summed E-state index contributed by atoms with van der Waals surface area (Å²) in [5.41, 5.74) is 1.28. The predicted octanol–water partition coefficient (Wildman–Crippen LogP) is 4.65. The van der Waals surface area contributed by atoms with E-state index in [4.69, 9.17) is 5.11 Å². The van der Waals surface area contributed by atoms with Gasteiger partial charge in [-0.1, -0.05) is 105 Å². The van der Waals surface area contributed by atoms with Gasteiger partial charge in [0, 0.05) is 18.4 Å². The number of hydrogen-bond donors (Lipinski definition) is 6. The first-order chi connectivity index (χ1) is 24.2. The molecule has 3 amide bonds. The van der Waals surface area contributed by atoms with Crippen molar-refractivity contribution in [1.29, 1.82) is 0 Å². The second-order valence-electron chi connectivity index (χ2n) is 13.3. The first-order valence-electron chi connectivity index (χ1n) is 16.9. The normalized spacial score (nSPS) is 12.6. The molecule has 272 valence electrons. The molecule has 51 heavy (non-hydrogen) atoms. The highest BCUT2D eigenvalue weighted by Gasteiger charge is 2.51. The van der Waals surface area contributed by atoms with Crippen LogP contribution in [0, 0.1) is 10.8 Å². The second-order valence-corrected chi connectivity index (χ2v) is 13.3. The molecule has 0 bridgehead atoms. The Morgan fingerprint density at radius 1 is 0.608 bits per heavy atom. The third kappa shape index (κ3) is 12.1. The van der Waals surface area contributed by atoms with E-state index in [1.165, 1.54) is 0 Å². The number of aliphatic carboxylic acids is 3. The Morgan fingerprint density at radius 3 is 1.41 bits per heavy atom. The molecule has 0 fully saturated rings. The van der Waals surface area contributed by atoms with E-state index in [1.807, 2.05) is 105 Å². The number of carboxylic acid groups (broad SMARTS) is 3. The maximum absolute atomic E-state index is 14.2. The molecule has 0 saturated carbocycles. The molecule has 0 heterocycles. The van der Waals surface area contributed by atoms with Crippen molar-refractivity contribution in [2.24, 2.45) is 10.8 Å². The van der Waals surface area contributed by atoms with Crippen LogP contribution >= 0.6 is 0 Å². The van der Waals surface area contributed by atoms with Crippen molar-refractivity contribution in [1.82, 2.24) is 16.0 Å². The third-order valence-electron chi connectivity index (χ3n) is 9.31. The number of carbonyl (C=O) groups excluding carboxylic acids is 3. The summed E-state index contributed by atoms with van der Waals surface area (Å²) in [6.07, 6.45) is 1.23. The minimum Gasteiger partial charge on any atom is -0.481 e. The van der Waals surface area contributed by atoms with Crippen LogP contribution < -0.4 is 16.0 Å². The molecule has 0 aliphatic carbocycles. The highest BCUT2D eigenvalue weighted by Crippen LogP contribution is 2.48. The molecule has 0 aromatic heterocycles. The zero-order valence-corrected chi connectivity index (χ0v) is 29.0. The summed E-state index contributed by atoms with van der Waals surface area (Å²) in [5, 5.41) is 34.6. The first-order valence-corrected chi connectivity index (χ1v) is 16.9. The van der Waals surface area contributed by atoms with Crippen LogP contribution in [0.4, 0.5) is 4.79 Å². The summed E-state index contributed by atoms with van der Waals surface area (Å²) in [6, 6.07) is 25.8. The summed E-state index contributed by atoms with van der Waals surface area (Å²) in [4.78, 5) is 73.9. The van der Waals surface area contributed by atoms with Crippen molar-refractivity contribution < 1.29 is 44.1 Å². The Balaban J connectivity index is 1.70. The van der Waals surface area contributed by atoms with Gasteiger partial charge in [-0.25, -0.2) is 14.4 Å². The molecular formula is C39H47N3O9. The number of nitrogens with one attached hydrogen (secondary N) is 3. The molecule has 2 atom stereocenters. The Kier molecular flexibility index (Phi) is 14.9. The van der Waals surface area contributed by atoms with Crippen LogP contribution in [0.5, 0.6) is 0 Å². The average molecular weight is 702 g/mol. The van der Waals surface area contributed by atoms with Gasteiger partial charge in [-0.05, 0) is 67.1 Å². The van der Waals surface area contributed by atoms with Crippen molar-refractivity contribution in [2.75, 3.05) is 6.54 Å². The number of carbonyl (C=O) groups is 6. The zero-order chi connectivity index (χ0) is 37.4. The lowest BCUT2D eigenvalue weighted by atomic mass is 9.55. The molecule has 12 heteroatoms. The van der Waals surface area contributed by atoms with Gasteiger partial charge in [-0.15, -0.1) is 0 Å². The topological polar surface area (TPSA) is 199 Å². The molecule has 12 nitrogen and oxygen atoms in total. The van der Waals surface area contributed by atoms with Gasteiger partial charge in [0.1, 0.15) is 12.1 Å². The Morgan fingerprint density at radius 2 is 1.02 bits per heavy atom.